The molecule has 0 saturated heterocycles. The Kier molecular flexibility index (Phi) is 4.03. The van der Waals surface area contributed by atoms with Crippen molar-refractivity contribution in [2.45, 2.75) is 0 Å². The Hall–Kier alpha value is -2.80. The first kappa shape index (κ1) is 15.1. The molecule has 1 N–H and O–H groups in total. The third-order valence-corrected chi connectivity index (χ3v) is 3.32. The van der Waals surface area contributed by atoms with E-state index in [1.54, 1.807) is 30.6 Å². The number of nitrogens with one attached hydrogen (secondary N) is 1. The molecular formula is C15H9ClF2N4O. The van der Waals surface area contributed by atoms with Crippen molar-refractivity contribution in [1.29, 1.82) is 0 Å². The maximum absolute atomic E-state index is 13.3. The van der Waals surface area contributed by atoms with Crippen LogP contribution in [0.15, 0.2) is 48.9 Å². The van der Waals surface area contributed by atoms with Crippen LogP contribution in [0.1, 0.15) is 10.4 Å². The highest BCUT2D eigenvalue weighted by Gasteiger charge is 2.17. The molecule has 0 saturated carbocycles. The molecule has 0 fully saturated rings. The number of pyridine rings is 1. The summed E-state index contributed by atoms with van der Waals surface area (Å²) in [5.74, 6) is -2.58. The maximum Gasteiger partial charge on any atom is 0.257 e. The van der Waals surface area contributed by atoms with Crippen molar-refractivity contribution in [1.82, 2.24) is 14.8 Å². The van der Waals surface area contributed by atoms with Gasteiger partial charge in [-0.3, -0.25) is 4.79 Å². The minimum Gasteiger partial charge on any atom is -0.319 e. The first-order chi connectivity index (χ1) is 11.1. The summed E-state index contributed by atoms with van der Waals surface area (Å²) in [4.78, 5) is 16.4. The van der Waals surface area contributed by atoms with Crippen LogP contribution in [-0.4, -0.2) is 20.7 Å². The molecule has 0 atom stereocenters. The molecular weight excluding hydrogens is 326 g/mol. The molecule has 2 heterocycles. The Balaban J connectivity index is 1.94. The molecule has 0 aliphatic heterocycles. The van der Waals surface area contributed by atoms with Crippen LogP contribution in [0.25, 0.3) is 5.82 Å². The summed E-state index contributed by atoms with van der Waals surface area (Å²) in [5, 5.41) is 6.42. The van der Waals surface area contributed by atoms with Crippen LogP contribution in [-0.2, 0) is 0 Å². The molecule has 2 aromatic heterocycles. The highest BCUT2D eigenvalue weighted by molar-refractivity contribution is 6.34. The van der Waals surface area contributed by atoms with Gasteiger partial charge in [0.15, 0.2) is 17.5 Å². The van der Waals surface area contributed by atoms with Crippen molar-refractivity contribution >= 4 is 23.2 Å². The number of hydrogen-bond acceptors (Lipinski definition) is 3. The van der Waals surface area contributed by atoms with E-state index in [0.717, 1.165) is 12.1 Å². The van der Waals surface area contributed by atoms with Gasteiger partial charge in [-0.1, -0.05) is 11.6 Å². The van der Waals surface area contributed by atoms with E-state index >= 15 is 0 Å². The predicted molar refractivity (Wildman–Crippen MR) is 80.7 cm³/mol. The standard InChI is InChI=1S/C15H9ClF2N4O/c16-10-8-12(18)11(17)7-9(10)15(23)21-13-3-1-4-19-14(13)22-6-2-5-20-22/h1-8H,(H,21,23). The lowest BCUT2D eigenvalue weighted by molar-refractivity contribution is 0.102. The molecule has 3 rings (SSSR count). The molecule has 23 heavy (non-hydrogen) atoms. The van der Waals surface area contributed by atoms with Gasteiger partial charge in [-0.05, 0) is 30.3 Å². The second-order valence-electron chi connectivity index (χ2n) is 4.53. The molecule has 0 spiro atoms. The average Bonchev–Trinajstić information content (AvgIpc) is 3.05. The second-order valence-corrected chi connectivity index (χ2v) is 4.93. The Morgan fingerprint density at radius 1 is 1.17 bits per heavy atom. The van der Waals surface area contributed by atoms with E-state index in [0.29, 0.717) is 11.5 Å². The fraction of sp³-hybridized carbons (Fsp3) is 0. The number of rotatable bonds is 3. The van der Waals surface area contributed by atoms with Gasteiger partial charge < -0.3 is 5.32 Å². The summed E-state index contributed by atoms with van der Waals surface area (Å²) >= 11 is 5.80. The third kappa shape index (κ3) is 3.04. The lowest BCUT2D eigenvalue weighted by atomic mass is 10.2. The highest BCUT2D eigenvalue weighted by Crippen LogP contribution is 2.23. The van der Waals surface area contributed by atoms with Gasteiger partial charge in [-0.25, -0.2) is 18.4 Å². The molecule has 1 amide bonds. The zero-order valence-corrected chi connectivity index (χ0v) is 12.3. The SMILES string of the molecule is O=C(Nc1cccnc1-n1cccn1)c1cc(F)c(F)cc1Cl. The van der Waals surface area contributed by atoms with E-state index < -0.39 is 17.5 Å². The van der Waals surface area contributed by atoms with Gasteiger partial charge in [0.1, 0.15) is 0 Å². The van der Waals surface area contributed by atoms with Gasteiger partial charge in [0.25, 0.3) is 5.91 Å². The number of halogens is 3. The Bertz CT molecular complexity index is 868. The minimum atomic E-state index is -1.15. The van der Waals surface area contributed by atoms with Crippen molar-refractivity contribution in [3.63, 3.8) is 0 Å². The lowest BCUT2D eigenvalue weighted by Crippen LogP contribution is -2.15. The van der Waals surface area contributed by atoms with Crippen LogP contribution in [0.4, 0.5) is 14.5 Å². The molecule has 0 unspecified atom stereocenters. The zero-order valence-electron chi connectivity index (χ0n) is 11.5. The summed E-state index contributed by atoms with van der Waals surface area (Å²) in [6.45, 7) is 0. The quantitative estimate of drug-likeness (QED) is 0.746. The van der Waals surface area contributed by atoms with Crippen LogP contribution >= 0.6 is 11.6 Å². The number of nitrogens with zero attached hydrogens (tertiary/aromatic N) is 3. The van der Waals surface area contributed by atoms with Gasteiger partial charge in [0.05, 0.1) is 16.3 Å². The van der Waals surface area contributed by atoms with E-state index in [4.69, 9.17) is 11.6 Å². The molecule has 0 radical (unpaired) electrons. The smallest absolute Gasteiger partial charge is 0.257 e. The number of amides is 1. The molecule has 1 aromatic carbocycles. The van der Waals surface area contributed by atoms with Crippen molar-refractivity contribution in [3.05, 3.63) is 71.1 Å². The summed E-state index contributed by atoms with van der Waals surface area (Å²) in [6, 6.07) is 6.43. The first-order valence-electron chi connectivity index (χ1n) is 6.47. The number of benzene rings is 1. The number of hydrogen-bond donors (Lipinski definition) is 1. The van der Waals surface area contributed by atoms with Crippen LogP contribution in [0.2, 0.25) is 5.02 Å². The Morgan fingerprint density at radius 2 is 1.96 bits per heavy atom. The van der Waals surface area contributed by atoms with Crippen molar-refractivity contribution in [2.24, 2.45) is 0 Å². The summed E-state index contributed by atoms with van der Waals surface area (Å²) in [6.07, 6.45) is 4.76. The van der Waals surface area contributed by atoms with E-state index in [1.165, 1.54) is 10.9 Å². The van der Waals surface area contributed by atoms with Crippen molar-refractivity contribution in [3.8, 4) is 5.82 Å². The largest absolute Gasteiger partial charge is 0.319 e. The molecule has 0 aliphatic carbocycles. The number of carbonyl (C=O) groups is 1. The van der Waals surface area contributed by atoms with Crippen LogP contribution < -0.4 is 5.32 Å². The summed E-state index contributed by atoms with van der Waals surface area (Å²) in [5.41, 5.74) is 0.169. The van der Waals surface area contributed by atoms with E-state index in [2.05, 4.69) is 15.4 Å². The molecule has 116 valence electrons. The Labute approximate surface area is 134 Å². The fourth-order valence-corrected chi connectivity index (χ4v) is 2.19. The summed E-state index contributed by atoms with van der Waals surface area (Å²) < 4.78 is 27.9. The minimum absolute atomic E-state index is 0.180. The van der Waals surface area contributed by atoms with E-state index in [1.807, 2.05) is 0 Å². The van der Waals surface area contributed by atoms with Crippen molar-refractivity contribution < 1.29 is 13.6 Å². The molecule has 8 heteroatoms. The predicted octanol–water partition coefficient (Wildman–Crippen LogP) is 3.45. The van der Waals surface area contributed by atoms with Crippen LogP contribution in [0.3, 0.4) is 0 Å². The van der Waals surface area contributed by atoms with E-state index in [-0.39, 0.29) is 10.6 Å². The summed E-state index contributed by atoms with van der Waals surface area (Å²) in [7, 11) is 0. The third-order valence-electron chi connectivity index (χ3n) is 3.01. The van der Waals surface area contributed by atoms with Crippen LogP contribution in [0, 0.1) is 11.6 Å². The second kappa shape index (κ2) is 6.13. The van der Waals surface area contributed by atoms with Crippen molar-refractivity contribution in [2.75, 3.05) is 5.32 Å². The van der Waals surface area contributed by atoms with Gasteiger partial charge in [-0.15, -0.1) is 0 Å². The molecule has 3 aromatic rings. The monoisotopic (exact) mass is 334 g/mol. The maximum atomic E-state index is 13.3. The van der Waals surface area contributed by atoms with E-state index in [9.17, 15) is 13.6 Å². The van der Waals surface area contributed by atoms with Gasteiger partial charge in [0.2, 0.25) is 0 Å². The van der Waals surface area contributed by atoms with Gasteiger partial charge in [0, 0.05) is 18.6 Å². The van der Waals surface area contributed by atoms with Gasteiger partial charge in [-0.2, -0.15) is 5.10 Å². The topological polar surface area (TPSA) is 59.8 Å². The Morgan fingerprint density at radius 3 is 2.70 bits per heavy atom. The lowest BCUT2D eigenvalue weighted by Gasteiger charge is -2.11. The number of anilines is 1. The van der Waals surface area contributed by atoms with Gasteiger partial charge >= 0.3 is 0 Å². The molecule has 5 nitrogen and oxygen atoms in total. The molecule has 0 bridgehead atoms. The van der Waals surface area contributed by atoms with Crippen LogP contribution in [0.5, 0.6) is 0 Å². The zero-order chi connectivity index (χ0) is 16.4. The normalized spacial score (nSPS) is 10.6. The fourth-order valence-electron chi connectivity index (χ4n) is 1.96. The highest BCUT2D eigenvalue weighted by atomic mass is 35.5. The number of aromatic nitrogens is 3. The molecule has 0 aliphatic rings. The number of carbonyl (C=O) groups excluding carboxylic acids is 1. The first-order valence-corrected chi connectivity index (χ1v) is 6.85. The average molecular weight is 335 g/mol.